The highest BCUT2D eigenvalue weighted by Crippen LogP contribution is 2.35. The molecule has 1 aliphatic heterocycles. The lowest BCUT2D eigenvalue weighted by Gasteiger charge is -2.17. The molecule has 1 fully saturated rings. The number of nitrogens with one attached hydrogen (secondary N) is 1. The number of anilines is 1. The van der Waals surface area contributed by atoms with Gasteiger partial charge in [-0.25, -0.2) is 15.0 Å². The maximum absolute atomic E-state index is 10.3. The quantitative estimate of drug-likeness (QED) is 0.371. The van der Waals surface area contributed by atoms with E-state index in [1.165, 1.54) is 17.2 Å². The molecule has 2 aromatic heterocycles. The Morgan fingerprint density at radius 1 is 1.03 bits per heavy atom. The third kappa shape index (κ3) is 3.77. The summed E-state index contributed by atoms with van der Waals surface area (Å²) in [7, 11) is 4.68. The van der Waals surface area contributed by atoms with Gasteiger partial charge in [-0.1, -0.05) is 0 Å². The number of aliphatic hydroxyl groups is 3. The Morgan fingerprint density at radius 3 is 2.34 bits per heavy atom. The van der Waals surface area contributed by atoms with Crippen molar-refractivity contribution >= 4 is 17.0 Å². The fourth-order valence-corrected chi connectivity index (χ4v) is 3.70. The SMILES string of the molecule is COc1cc(OC)c(CNc2ncnc3c2ncn3[C@@H]2O[C@H](CO)[C@@H](O)[C@H]2O)c(OC)c1. The molecule has 4 N–H and O–H groups in total. The summed E-state index contributed by atoms with van der Waals surface area (Å²) in [6.07, 6.45) is -1.52. The van der Waals surface area contributed by atoms with E-state index in [-0.39, 0.29) is 0 Å². The number of aromatic nitrogens is 4. The smallest absolute Gasteiger partial charge is 0.167 e. The zero-order chi connectivity index (χ0) is 22.8. The van der Waals surface area contributed by atoms with E-state index in [2.05, 4.69) is 20.3 Å². The summed E-state index contributed by atoms with van der Waals surface area (Å²) in [5.74, 6) is 2.21. The maximum atomic E-state index is 10.3. The van der Waals surface area contributed by atoms with Gasteiger partial charge < -0.3 is 39.6 Å². The van der Waals surface area contributed by atoms with Crippen molar-refractivity contribution in [1.29, 1.82) is 0 Å². The molecule has 1 aliphatic rings. The van der Waals surface area contributed by atoms with E-state index < -0.39 is 31.1 Å². The lowest BCUT2D eigenvalue weighted by atomic mass is 10.1. The van der Waals surface area contributed by atoms with Crippen LogP contribution in [-0.4, -0.2) is 81.1 Å². The molecule has 3 aromatic rings. The van der Waals surface area contributed by atoms with Gasteiger partial charge in [-0.15, -0.1) is 0 Å². The second-order valence-electron chi connectivity index (χ2n) is 7.14. The number of methoxy groups -OCH3 is 3. The Bertz CT molecular complexity index is 1070. The predicted molar refractivity (Wildman–Crippen MR) is 112 cm³/mol. The fraction of sp³-hybridized carbons (Fsp3) is 0.450. The molecule has 0 radical (unpaired) electrons. The average molecular weight is 447 g/mol. The minimum absolute atomic E-state index is 0.309. The van der Waals surface area contributed by atoms with E-state index in [9.17, 15) is 15.3 Å². The van der Waals surface area contributed by atoms with Crippen molar-refractivity contribution in [2.24, 2.45) is 0 Å². The van der Waals surface area contributed by atoms with Gasteiger partial charge in [0.2, 0.25) is 0 Å². The molecule has 12 nitrogen and oxygen atoms in total. The van der Waals surface area contributed by atoms with Crippen LogP contribution in [0.3, 0.4) is 0 Å². The monoisotopic (exact) mass is 447 g/mol. The third-order valence-corrected chi connectivity index (χ3v) is 5.40. The number of benzene rings is 1. The van der Waals surface area contributed by atoms with Gasteiger partial charge >= 0.3 is 0 Å². The summed E-state index contributed by atoms with van der Waals surface area (Å²) < 4.78 is 23.3. The van der Waals surface area contributed by atoms with E-state index in [0.717, 1.165) is 5.56 Å². The van der Waals surface area contributed by atoms with Crippen molar-refractivity contribution < 1.29 is 34.3 Å². The fourth-order valence-electron chi connectivity index (χ4n) is 3.70. The Balaban J connectivity index is 1.63. The number of ether oxygens (including phenoxy) is 4. The van der Waals surface area contributed by atoms with Crippen LogP contribution in [0.25, 0.3) is 11.2 Å². The molecular weight excluding hydrogens is 422 g/mol. The molecule has 0 aliphatic carbocycles. The first kappa shape index (κ1) is 22.0. The van der Waals surface area contributed by atoms with Crippen LogP contribution in [0.2, 0.25) is 0 Å². The van der Waals surface area contributed by atoms with E-state index >= 15 is 0 Å². The zero-order valence-electron chi connectivity index (χ0n) is 17.8. The van der Waals surface area contributed by atoms with Crippen molar-refractivity contribution in [3.63, 3.8) is 0 Å². The molecule has 3 heterocycles. The Kier molecular flexibility index (Phi) is 6.28. The van der Waals surface area contributed by atoms with Crippen molar-refractivity contribution in [1.82, 2.24) is 19.5 Å². The first-order chi connectivity index (χ1) is 15.5. The van der Waals surface area contributed by atoms with Crippen molar-refractivity contribution in [2.45, 2.75) is 31.1 Å². The van der Waals surface area contributed by atoms with E-state index in [1.54, 1.807) is 33.5 Å². The maximum Gasteiger partial charge on any atom is 0.167 e. The van der Waals surface area contributed by atoms with Crippen LogP contribution in [0.5, 0.6) is 17.2 Å². The second kappa shape index (κ2) is 9.12. The molecule has 0 bridgehead atoms. The predicted octanol–water partition coefficient (Wildman–Crippen LogP) is 0.0757. The average Bonchev–Trinajstić information content (AvgIpc) is 3.38. The molecule has 1 aromatic carbocycles. The molecule has 32 heavy (non-hydrogen) atoms. The molecule has 4 atom stereocenters. The summed E-state index contributed by atoms with van der Waals surface area (Å²) in [5.41, 5.74) is 1.59. The standard InChI is InChI=1S/C20H25N5O7/c1-29-10-4-12(30-2)11(13(5-10)31-3)6-21-18-15-19(23-8-22-18)25(9-24-15)20-17(28)16(27)14(7-26)32-20/h4-5,8-9,14,16-17,20,26-28H,6-7H2,1-3H3,(H,21,22,23)/t14-,16-,17-,20-/m1/s1. The van der Waals surface area contributed by atoms with Crippen molar-refractivity contribution in [3.8, 4) is 17.2 Å². The van der Waals surface area contributed by atoms with E-state index in [1.807, 2.05) is 0 Å². The van der Waals surface area contributed by atoms with Gasteiger partial charge in [0.05, 0.1) is 39.8 Å². The second-order valence-corrected chi connectivity index (χ2v) is 7.14. The molecule has 0 saturated carbocycles. The van der Waals surface area contributed by atoms with Gasteiger partial charge in [0.25, 0.3) is 0 Å². The molecule has 12 heteroatoms. The number of hydrogen-bond donors (Lipinski definition) is 4. The van der Waals surface area contributed by atoms with Crippen LogP contribution >= 0.6 is 0 Å². The summed E-state index contributed by atoms with van der Waals surface area (Å²) in [6.45, 7) is -0.113. The summed E-state index contributed by atoms with van der Waals surface area (Å²) in [4.78, 5) is 12.9. The van der Waals surface area contributed by atoms with E-state index in [4.69, 9.17) is 18.9 Å². The minimum atomic E-state index is -1.25. The molecule has 172 valence electrons. The van der Waals surface area contributed by atoms with Crippen molar-refractivity contribution in [3.05, 3.63) is 30.4 Å². The van der Waals surface area contributed by atoms with Crippen LogP contribution < -0.4 is 19.5 Å². The number of nitrogens with zero attached hydrogens (tertiary/aromatic N) is 4. The van der Waals surface area contributed by atoms with Gasteiger partial charge in [-0.2, -0.15) is 0 Å². The third-order valence-electron chi connectivity index (χ3n) is 5.40. The highest BCUT2D eigenvalue weighted by molar-refractivity contribution is 5.82. The molecule has 0 spiro atoms. The lowest BCUT2D eigenvalue weighted by molar-refractivity contribution is -0.0511. The van der Waals surface area contributed by atoms with Crippen LogP contribution in [0.4, 0.5) is 5.82 Å². The highest BCUT2D eigenvalue weighted by atomic mass is 16.6. The summed E-state index contributed by atoms with van der Waals surface area (Å²) in [6, 6.07) is 3.51. The first-order valence-corrected chi connectivity index (χ1v) is 9.85. The van der Waals surface area contributed by atoms with Crippen LogP contribution in [-0.2, 0) is 11.3 Å². The number of imidazole rings is 1. The summed E-state index contributed by atoms with van der Waals surface area (Å²) >= 11 is 0. The molecule has 1 saturated heterocycles. The lowest BCUT2D eigenvalue weighted by Crippen LogP contribution is -2.33. The Labute approximate surface area is 183 Å². The zero-order valence-corrected chi connectivity index (χ0v) is 17.8. The molecule has 0 amide bonds. The van der Waals surface area contributed by atoms with Gasteiger partial charge in [0.1, 0.15) is 41.9 Å². The first-order valence-electron chi connectivity index (χ1n) is 9.85. The van der Waals surface area contributed by atoms with Gasteiger partial charge in [-0.3, -0.25) is 4.57 Å². The van der Waals surface area contributed by atoms with Crippen molar-refractivity contribution in [2.75, 3.05) is 33.3 Å². The number of hydrogen-bond acceptors (Lipinski definition) is 11. The van der Waals surface area contributed by atoms with Gasteiger partial charge in [-0.05, 0) is 0 Å². The van der Waals surface area contributed by atoms with Crippen LogP contribution in [0, 0.1) is 0 Å². The molecule has 0 unspecified atom stereocenters. The van der Waals surface area contributed by atoms with Crippen LogP contribution in [0.15, 0.2) is 24.8 Å². The van der Waals surface area contributed by atoms with Crippen LogP contribution in [0.1, 0.15) is 11.8 Å². The molecular formula is C20H25N5O7. The largest absolute Gasteiger partial charge is 0.496 e. The normalized spacial score (nSPS) is 22.8. The van der Waals surface area contributed by atoms with E-state index in [0.29, 0.717) is 40.8 Å². The summed E-state index contributed by atoms with van der Waals surface area (Å²) in [5, 5.41) is 32.9. The topological polar surface area (TPSA) is 153 Å². The number of fused-ring (bicyclic) bond motifs is 1. The van der Waals surface area contributed by atoms with Gasteiger partial charge in [0.15, 0.2) is 23.2 Å². The number of aliphatic hydroxyl groups excluding tert-OH is 3. The number of rotatable bonds is 8. The highest BCUT2D eigenvalue weighted by Gasteiger charge is 2.44. The minimum Gasteiger partial charge on any atom is -0.496 e. The molecule has 4 rings (SSSR count). The Hall–Kier alpha value is -3.19. The van der Waals surface area contributed by atoms with Gasteiger partial charge in [0, 0.05) is 18.7 Å². The Morgan fingerprint density at radius 2 is 1.75 bits per heavy atom.